The Balaban J connectivity index is 1.83. The molecule has 6 atom stereocenters. The first-order chi connectivity index (χ1) is 15.5. The molecule has 8 N–H and O–H groups in total. The van der Waals surface area contributed by atoms with Crippen molar-refractivity contribution in [1.29, 1.82) is 5.26 Å². The summed E-state index contributed by atoms with van der Waals surface area (Å²) in [5.41, 5.74) is 2.81. The minimum atomic E-state index is -5.75. The van der Waals surface area contributed by atoms with E-state index in [0.29, 0.717) is 0 Å². The lowest BCUT2D eigenvalue weighted by atomic mass is 9.84. The van der Waals surface area contributed by atoms with Gasteiger partial charge in [0, 0.05) is 0 Å². The molecule has 2 unspecified atom stereocenters. The number of aromatic amines is 1. The van der Waals surface area contributed by atoms with E-state index in [1.54, 1.807) is 0 Å². The summed E-state index contributed by atoms with van der Waals surface area (Å²) in [6.07, 6.45) is -3.52. The third kappa shape index (κ3) is 5.44. The SMILES string of the molecule is C[C@@]1(C#N)[C@H](O)[C@@H](COP(=O)(O)OP(=O)(O)OP(=O)(O)O)O[C@H]1n1cnc2c(=O)[nH]c(N)nc21. The number of fused-ring (bicyclic) bond motifs is 1. The molecular formula is C12H17N6O13P3. The van der Waals surface area contributed by atoms with Crippen LogP contribution in [0.25, 0.3) is 11.2 Å². The molecule has 2 aromatic rings. The van der Waals surface area contributed by atoms with Crippen LogP contribution in [0.5, 0.6) is 0 Å². The molecule has 0 spiro atoms. The summed E-state index contributed by atoms with van der Waals surface area (Å²) >= 11 is 0. The molecule has 22 heteroatoms. The number of nitrogens with two attached hydrogens (primary N) is 1. The van der Waals surface area contributed by atoms with E-state index in [9.17, 15) is 38.6 Å². The maximum Gasteiger partial charge on any atom is 0.490 e. The molecule has 19 nitrogen and oxygen atoms in total. The summed E-state index contributed by atoms with van der Waals surface area (Å²) in [5, 5.41) is 20.3. The van der Waals surface area contributed by atoms with Crippen LogP contribution >= 0.6 is 23.5 Å². The molecule has 0 aromatic carbocycles. The van der Waals surface area contributed by atoms with Crippen molar-refractivity contribution in [1.82, 2.24) is 19.5 Å². The summed E-state index contributed by atoms with van der Waals surface area (Å²) in [4.78, 5) is 57.9. The van der Waals surface area contributed by atoms with Crippen molar-refractivity contribution in [3.63, 3.8) is 0 Å². The van der Waals surface area contributed by atoms with E-state index in [-0.39, 0.29) is 17.1 Å². The number of H-pyrrole nitrogens is 1. The molecule has 0 saturated carbocycles. The number of aliphatic hydroxyl groups is 1. The Morgan fingerprint density at radius 1 is 1.29 bits per heavy atom. The zero-order valence-electron chi connectivity index (χ0n) is 16.7. The molecule has 1 saturated heterocycles. The Labute approximate surface area is 188 Å². The van der Waals surface area contributed by atoms with Gasteiger partial charge >= 0.3 is 23.5 Å². The fourth-order valence-electron chi connectivity index (χ4n) is 3.11. The number of aromatic nitrogens is 4. The van der Waals surface area contributed by atoms with Crippen LogP contribution in [-0.2, 0) is 31.6 Å². The predicted octanol–water partition coefficient (Wildman–Crippen LogP) is -1.17. The second-order valence-electron chi connectivity index (χ2n) is 7.03. The Morgan fingerprint density at radius 2 is 1.94 bits per heavy atom. The molecule has 188 valence electrons. The van der Waals surface area contributed by atoms with Gasteiger partial charge < -0.3 is 35.2 Å². The number of phosphoric ester groups is 1. The molecule has 0 amide bonds. The standard InChI is InChI=1S/C12H17N6O13P3/c1-12(3-13)7(19)5(2-28-33(24,25)31-34(26,27)30-32(21,22)23)29-10(12)18-4-15-6-8(18)16-11(14)17-9(6)20/h4-5,7,10,19H,2H2,1H3,(H,24,25)(H,26,27)(H2,21,22,23)(H3,14,16,17,20)/t5-,7-,10-,12-/m1/s1. The van der Waals surface area contributed by atoms with Crippen LogP contribution in [0.15, 0.2) is 11.1 Å². The second-order valence-corrected chi connectivity index (χ2v) is 11.4. The first kappa shape index (κ1) is 26.6. The highest BCUT2D eigenvalue weighted by Crippen LogP contribution is 2.66. The topological polar surface area (TPSA) is 303 Å². The van der Waals surface area contributed by atoms with Crippen molar-refractivity contribution >= 4 is 40.6 Å². The Morgan fingerprint density at radius 3 is 2.53 bits per heavy atom. The molecule has 0 bridgehead atoms. The third-order valence-corrected chi connectivity index (χ3v) is 8.35. The van der Waals surface area contributed by atoms with Gasteiger partial charge in [0.25, 0.3) is 5.56 Å². The molecule has 34 heavy (non-hydrogen) atoms. The molecule has 1 aliphatic rings. The minimum Gasteiger partial charge on any atom is -0.388 e. The van der Waals surface area contributed by atoms with Gasteiger partial charge in [0.05, 0.1) is 19.0 Å². The van der Waals surface area contributed by atoms with Gasteiger partial charge in [0.15, 0.2) is 17.4 Å². The number of aliphatic hydroxyl groups excluding tert-OH is 1. The van der Waals surface area contributed by atoms with Gasteiger partial charge in [-0.05, 0) is 6.92 Å². The number of ether oxygens (including phenoxy) is 1. The van der Waals surface area contributed by atoms with Crippen LogP contribution in [0, 0.1) is 16.7 Å². The lowest BCUT2D eigenvalue weighted by Gasteiger charge is -2.25. The van der Waals surface area contributed by atoms with E-state index >= 15 is 0 Å². The van der Waals surface area contributed by atoms with E-state index in [0.717, 1.165) is 10.9 Å². The molecular weight excluding hydrogens is 529 g/mol. The van der Waals surface area contributed by atoms with Crippen LogP contribution in [0.3, 0.4) is 0 Å². The number of nitriles is 1. The van der Waals surface area contributed by atoms with Crippen LogP contribution < -0.4 is 11.3 Å². The summed E-state index contributed by atoms with van der Waals surface area (Å²) in [6.45, 7) is 0.247. The van der Waals surface area contributed by atoms with Crippen LogP contribution in [0.2, 0.25) is 0 Å². The molecule has 3 heterocycles. The number of hydrogen-bond donors (Lipinski definition) is 7. The first-order valence-electron chi connectivity index (χ1n) is 8.73. The highest BCUT2D eigenvalue weighted by Gasteiger charge is 2.56. The lowest BCUT2D eigenvalue weighted by molar-refractivity contribution is -0.0461. The van der Waals surface area contributed by atoms with Gasteiger partial charge in [-0.15, -0.1) is 0 Å². The number of nitrogen functional groups attached to an aromatic ring is 1. The van der Waals surface area contributed by atoms with Crippen molar-refractivity contribution in [3.05, 3.63) is 16.7 Å². The van der Waals surface area contributed by atoms with Crippen molar-refractivity contribution in [2.45, 2.75) is 25.4 Å². The molecule has 1 fully saturated rings. The van der Waals surface area contributed by atoms with Crippen molar-refractivity contribution in [3.8, 4) is 6.07 Å². The zero-order chi connectivity index (χ0) is 25.7. The van der Waals surface area contributed by atoms with Crippen molar-refractivity contribution < 1.29 is 56.3 Å². The van der Waals surface area contributed by atoms with Gasteiger partial charge in [0.2, 0.25) is 5.95 Å². The van der Waals surface area contributed by atoms with E-state index < -0.39 is 59.5 Å². The van der Waals surface area contributed by atoms with Crippen LogP contribution in [0.4, 0.5) is 5.95 Å². The Hall–Kier alpha value is -2.03. The van der Waals surface area contributed by atoms with Gasteiger partial charge in [0.1, 0.15) is 17.6 Å². The Kier molecular flexibility index (Phi) is 6.94. The number of imidazole rings is 1. The second kappa shape index (κ2) is 8.88. The van der Waals surface area contributed by atoms with E-state index in [2.05, 4.69) is 28.1 Å². The van der Waals surface area contributed by atoms with Gasteiger partial charge in [-0.25, -0.2) is 18.7 Å². The minimum absolute atomic E-state index is 0.103. The molecule has 1 aliphatic heterocycles. The average Bonchev–Trinajstić information content (AvgIpc) is 3.17. The number of anilines is 1. The van der Waals surface area contributed by atoms with Crippen molar-refractivity contribution in [2.75, 3.05) is 12.3 Å². The van der Waals surface area contributed by atoms with Crippen LogP contribution in [-0.4, -0.2) is 63.0 Å². The number of rotatable bonds is 8. The maximum absolute atomic E-state index is 12.0. The number of nitrogens with zero attached hydrogens (tertiary/aromatic N) is 4. The van der Waals surface area contributed by atoms with Gasteiger partial charge in [-0.2, -0.15) is 18.9 Å². The lowest BCUT2D eigenvalue weighted by Crippen LogP contribution is -2.37. The highest BCUT2D eigenvalue weighted by atomic mass is 31.3. The normalized spacial score (nSPS) is 28.9. The number of nitrogens with one attached hydrogen (secondary N) is 1. The van der Waals surface area contributed by atoms with Crippen molar-refractivity contribution in [2.24, 2.45) is 5.41 Å². The summed E-state index contributed by atoms with van der Waals surface area (Å²) in [6, 6.07) is 1.84. The monoisotopic (exact) mass is 546 g/mol. The first-order valence-corrected chi connectivity index (χ1v) is 13.3. The molecule has 0 radical (unpaired) electrons. The quantitative estimate of drug-likeness (QED) is 0.192. The zero-order valence-corrected chi connectivity index (χ0v) is 19.4. The summed E-state index contributed by atoms with van der Waals surface area (Å²) in [5.74, 6) is -0.277. The molecule has 3 rings (SSSR count). The fraction of sp³-hybridized carbons (Fsp3) is 0.500. The number of phosphoric acid groups is 3. The highest BCUT2D eigenvalue weighted by molar-refractivity contribution is 7.66. The summed E-state index contributed by atoms with van der Waals surface area (Å²) in [7, 11) is -16.8. The molecule has 2 aromatic heterocycles. The smallest absolute Gasteiger partial charge is 0.388 e. The average molecular weight is 546 g/mol. The maximum atomic E-state index is 12.0. The fourth-order valence-corrected chi connectivity index (χ4v) is 6.14. The van der Waals surface area contributed by atoms with Gasteiger partial charge in [-0.3, -0.25) is 18.9 Å². The van der Waals surface area contributed by atoms with E-state index in [1.807, 2.05) is 6.07 Å². The summed E-state index contributed by atoms with van der Waals surface area (Å²) < 4.78 is 52.4. The number of hydrogen-bond acceptors (Lipinski definition) is 13. The van der Waals surface area contributed by atoms with E-state index in [4.69, 9.17) is 20.3 Å². The third-order valence-electron chi connectivity index (χ3n) is 4.55. The van der Waals surface area contributed by atoms with E-state index in [1.165, 1.54) is 6.92 Å². The largest absolute Gasteiger partial charge is 0.490 e. The molecule has 0 aliphatic carbocycles. The van der Waals surface area contributed by atoms with Crippen LogP contribution in [0.1, 0.15) is 13.2 Å². The van der Waals surface area contributed by atoms with Gasteiger partial charge in [-0.1, -0.05) is 0 Å². The Bertz CT molecular complexity index is 1350. The predicted molar refractivity (Wildman–Crippen MR) is 106 cm³/mol.